The molecule has 0 aliphatic heterocycles. The summed E-state index contributed by atoms with van der Waals surface area (Å²) in [4.78, 5) is 22.8. The van der Waals surface area contributed by atoms with Gasteiger partial charge >= 0.3 is 0 Å². The van der Waals surface area contributed by atoms with Crippen LogP contribution in [0.15, 0.2) is 94.6 Å². The number of pyridine rings is 1. The van der Waals surface area contributed by atoms with Gasteiger partial charge in [-0.05, 0) is 55.3 Å². The number of carbonyl (C=O) groups excluding carboxylic acids is 1. The molecule has 6 nitrogen and oxygen atoms in total. The Kier molecular flexibility index (Phi) is 7.53. The summed E-state index contributed by atoms with van der Waals surface area (Å²) in [6, 6.07) is 25.0. The lowest BCUT2D eigenvalue weighted by Crippen LogP contribution is -2.18. The molecule has 3 aromatic carbocycles. The maximum atomic E-state index is 14.3. The van der Waals surface area contributed by atoms with Crippen molar-refractivity contribution in [3.8, 4) is 28.7 Å². The lowest BCUT2D eigenvalue weighted by molar-refractivity contribution is 0.102. The number of amides is 1. The van der Waals surface area contributed by atoms with Gasteiger partial charge in [-0.1, -0.05) is 60.3 Å². The van der Waals surface area contributed by atoms with Gasteiger partial charge < -0.3 is 9.73 Å². The number of para-hydroxylation sites is 1. The minimum absolute atomic E-state index is 0.193. The fourth-order valence-corrected chi connectivity index (χ4v) is 5.13. The third-order valence-electron chi connectivity index (χ3n) is 6.12. The van der Waals surface area contributed by atoms with Crippen LogP contribution in [0.1, 0.15) is 32.9 Å². The van der Waals surface area contributed by atoms with Crippen molar-refractivity contribution in [3.05, 3.63) is 119 Å². The Morgan fingerprint density at radius 2 is 1.74 bits per heavy atom. The molecule has 2 heterocycles. The molecule has 0 aliphatic carbocycles. The number of hydrogen-bond acceptors (Lipinski definition) is 6. The summed E-state index contributed by atoms with van der Waals surface area (Å²) < 4.78 is 19.9. The van der Waals surface area contributed by atoms with Crippen LogP contribution >= 0.6 is 11.8 Å². The summed E-state index contributed by atoms with van der Waals surface area (Å²) in [5.41, 5.74) is 4.66. The first-order valence-corrected chi connectivity index (χ1v) is 13.1. The molecule has 0 bridgehead atoms. The number of benzene rings is 3. The molecule has 0 atom stereocenters. The number of aryl methyl sites for hydroxylation is 2. The highest BCUT2D eigenvalue weighted by molar-refractivity contribution is 7.98. The summed E-state index contributed by atoms with van der Waals surface area (Å²) in [7, 11) is 0. The van der Waals surface area contributed by atoms with Crippen molar-refractivity contribution >= 4 is 23.4 Å². The maximum Gasteiger partial charge on any atom is 0.258 e. The lowest BCUT2D eigenvalue weighted by atomic mass is 9.94. The number of hydrogen-bond donors (Lipinski definition) is 1. The van der Waals surface area contributed by atoms with E-state index in [9.17, 15) is 14.4 Å². The smallest absolute Gasteiger partial charge is 0.258 e. The molecular weight excluding hydrogens is 511 g/mol. The van der Waals surface area contributed by atoms with Gasteiger partial charge in [-0.2, -0.15) is 5.26 Å². The van der Waals surface area contributed by atoms with E-state index in [1.807, 2.05) is 55.5 Å². The van der Waals surface area contributed by atoms with Crippen molar-refractivity contribution < 1.29 is 13.6 Å². The molecule has 8 heteroatoms. The van der Waals surface area contributed by atoms with E-state index in [1.165, 1.54) is 23.9 Å². The van der Waals surface area contributed by atoms with E-state index in [-0.39, 0.29) is 11.1 Å². The lowest BCUT2D eigenvalue weighted by Gasteiger charge is -2.17. The van der Waals surface area contributed by atoms with Crippen molar-refractivity contribution in [1.82, 2.24) is 9.97 Å². The average Bonchev–Trinajstić information content (AvgIpc) is 3.42. The summed E-state index contributed by atoms with van der Waals surface area (Å²) in [5, 5.41) is 13.6. The molecule has 5 aromatic rings. The predicted molar refractivity (Wildman–Crippen MR) is 150 cm³/mol. The highest BCUT2D eigenvalue weighted by Gasteiger charge is 2.25. The van der Waals surface area contributed by atoms with Gasteiger partial charge in [0.1, 0.15) is 23.2 Å². The number of nitrogens with one attached hydrogen (secondary N) is 1. The van der Waals surface area contributed by atoms with Gasteiger partial charge in [0.05, 0.1) is 22.5 Å². The molecule has 1 N–H and O–H groups in total. The number of anilines is 1. The minimum Gasteiger partial charge on any atom is -0.444 e. The van der Waals surface area contributed by atoms with Gasteiger partial charge in [0.15, 0.2) is 0 Å². The van der Waals surface area contributed by atoms with Crippen LogP contribution < -0.4 is 5.32 Å². The van der Waals surface area contributed by atoms with E-state index in [1.54, 1.807) is 31.4 Å². The Balaban J connectivity index is 1.54. The molecule has 0 aliphatic rings. The number of nitriles is 1. The first-order valence-electron chi connectivity index (χ1n) is 12.1. The van der Waals surface area contributed by atoms with Gasteiger partial charge in [-0.25, -0.2) is 14.4 Å². The fourth-order valence-electron chi connectivity index (χ4n) is 4.22. The first kappa shape index (κ1) is 25.9. The monoisotopic (exact) mass is 534 g/mol. The zero-order valence-corrected chi connectivity index (χ0v) is 22.1. The Labute approximate surface area is 229 Å². The molecule has 0 radical (unpaired) electrons. The van der Waals surface area contributed by atoms with Crippen LogP contribution in [0.2, 0.25) is 0 Å². The van der Waals surface area contributed by atoms with Gasteiger partial charge in [-0.15, -0.1) is 0 Å². The number of rotatable bonds is 7. The second-order valence-corrected chi connectivity index (χ2v) is 9.78. The Morgan fingerprint density at radius 1 is 1.00 bits per heavy atom. The van der Waals surface area contributed by atoms with Crippen LogP contribution in [0, 0.1) is 31.0 Å². The highest BCUT2D eigenvalue weighted by Crippen LogP contribution is 2.37. The molecular formula is C31H23FN4O2S. The summed E-state index contributed by atoms with van der Waals surface area (Å²) >= 11 is 1.31. The Bertz CT molecular complexity index is 1710. The molecule has 1 amide bonds. The van der Waals surface area contributed by atoms with Crippen LogP contribution in [0.5, 0.6) is 0 Å². The minimum atomic E-state index is -0.471. The third kappa shape index (κ3) is 5.59. The molecule has 0 spiro atoms. The largest absolute Gasteiger partial charge is 0.444 e. The van der Waals surface area contributed by atoms with Crippen molar-refractivity contribution in [3.63, 3.8) is 0 Å². The van der Waals surface area contributed by atoms with Crippen LogP contribution in [0.3, 0.4) is 0 Å². The number of halogens is 1. The molecule has 0 saturated heterocycles. The topological polar surface area (TPSA) is 91.8 Å². The van der Waals surface area contributed by atoms with E-state index < -0.39 is 11.7 Å². The number of thioether (sulfide) groups is 1. The van der Waals surface area contributed by atoms with E-state index in [2.05, 4.69) is 21.4 Å². The summed E-state index contributed by atoms with van der Waals surface area (Å²) in [6.07, 6.45) is 1.58. The molecule has 0 unspecified atom stereocenters. The molecule has 192 valence electrons. The molecule has 5 rings (SSSR count). The molecule has 2 aromatic heterocycles. The number of carbonyl (C=O) groups is 1. The van der Waals surface area contributed by atoms with E-state index in [4.69, 9.17) is 4.42 Å². The van der Waals surface area contributed by atoms with Crippen molar-refractivity contribution in [1.29, 1.82) is 5.26 Å². The SMILES string of the molecule is Cc1ccccc1NC(=O)c1c(C)nc(SCc2coc(-c3ccccc3)n2)c(C#N)c1-c1cccc(F)c1. The Hall–Kier alpha value is -4.74. The second kappa shape index (κ2) is 11.3. The number of oxazole rings is 1. The highest BCUT2D eigenvalue weighted by atomic mass is 32.2. The zero-order valence-electron chi connectivity index (χ0n) is 21.2. The van der Waals surface area contributed by atoms with E-state index >= 15 is 0 Å². The molecule has 0 fully saturated rings. The normalized spacial score (nSPS) is 10.7. The predicted octanol–water partition coefficient (Wildman–Crippen LogP) is 7.58. The standard InChI is InChI=1S/C31H23FN4O2S/c1-19-9-6-7-14-26(19)36-29(37)27-20(2)34-31(25(16-33)28(27)22-12-8-13-23(32)15-22)39-18-24-17-38-30(35-24)21-10-4-3-5-11-21/h3-15,17H,18H2,1-2H3,(H,36,37). The quantitative estimate of drug-likeness (QED) is 0.217. The molecule has 39 heavy (non-hydrogen) atoms. The Morgan fingerprint density at radius 3 is 2.49 bits per heavy atom. The summed E-state index contributed by atoms with van der Waals surface area (Å²) in [5.74, 6) is -0.0130. The van der Waals surface area contributed by atoms with E-state index in [0.717, 1.165) is 11.1 Å². The third-order valence-corrected chi connectivity index (χ3v) is 7.13. The second-order valence-electron chi connectivity index (χ2n) is 8.82. The first-order chi connectivity index (χ1) is 18.9. The van der Waals surface area contributed by atoms with Gasteiger partial charge in [0, 0.05) is 22.6 Å². The van der Waals surface area contributed by atoms with Crippen LogP contribution in [-0.4, -0.2) is 15.9 Å². The van der Waals surface area contributed by atoms with Gasteiger partial charge in [0.25, 0.3) is 5.91 Å². The van der Waals surface area contributed by atoms with Crippen LogP contribution in [0.4, 0.5) is 10.1 Å². The van der Waals surface area contributed by atoms with Crippen LogP contribution in [0.25, 0.3) is 22.6 Å². The van der Waals surface area contributed by atoms with E-state index in [0.29, 0.717) is 44.9 Å². The summed E-state index contributed by atoms with van der Waals surface area (Å²) in [6.45, 7) is 3.60. The van der Waals surface area contributed by atoms with Crippen molar-refractivity contribution in [2.45, 2.75) is 24.6 Å². The average molecular weight is 535 g/mol. The van der Waals surface area contributed by atoms with Crippen molar-refractivity contribution in [2.24, 2.45) is 0 Å². The van der Waals surface area contributed by atoms with Gasteiger partial charge in [0.2, 0.25) is 5.89 Å². The number of nitrogens with zero attached hydrogens (tertiary/aromatic N) is 3. The fraction of sp³-hybridized carbons (Fsp3) is 0.0968. The van der Waals surface area contributed by atoms with Gasteiger partial charge in [-0.3, -0.25) is 4.79 Å². The van der Waals surface area contributed by atoms with Crippen LogP contribution in [-0.2, 0) is 5.75 Å². The zero-order chi connectivity index (χ0) is 27.4. The number of aromatic nitrogens is 2. The maximum absolute atomic E-state index is 14.3. The molecule has 0 saturated carbocycles. The van der Waals surface area contributed by atoms with Crippen molar-refractivity contribution in [2.75, 3.05) is 5.32 Å².